The predicted molar refractivity (Wildman–Crippen MR) is 123 cm³/mol. The summed E-state index contributed by atoms with van der Waals surface area (Å²) in [7, 11) is 0. The zero-order valence-corrected chi connectivity index (χ0v) is 17.5. The molecule has 0 atom stereocenters. The Morgan fingerprint density at radius 1 is 0.906 bits per heavy atom. The van der Waals surface area contributed by atoms with Gasteiger partial charge >= 0.3 is 0 Å². The lowest BCUT2D eigenvalue weighted by Crippen LogP contribution is -2.37. The number of para-hydroxylation sites is 2. The van der Waals surface area contributed by atoms with E-state index in [1.807, 2.05) is 12.1 Å². The molecule has 0 aromatic heterocycles. The number of carbonyl (C=O) groups is 2. The van der Waals surface area contributed by atoms with Crippen LogP contribution in [-0.4, -0.2) is 31.7 Å². The lowest BCUT2D eigenvalue weighted by molar-refractivity contribution is -0.115. The van der Waals surface area contributed by atoms with Crippen LogP contribution in [0.3, 0.4) is 0 Å². The molecule has 2 aliphatic heterocycles. The Morgan fingerprint density at radius 3 is 2.66 bits per heavy atom. The van der Waals surface area contributed by atoms with Crippen molar-refractivity contribution in [2.75, 3.05) is 35.4 Å². The zero-order valence-electron chi connectivity index (χ0n) is 17.5. The number of fused-ring (bicyclic) bond motifs is 2. The number of hydrogen-bond acceptors (Lipinski definition) is 5. The van der Waals surface area contributed by atoms with Crippen LogP contribution in [0.4, 0.5) is 17.1 Å². The van der Waals surface area contributed by atoms with Crippen molar-refractivity contribution in [1.82, 2.24) is 0 Å². The molecular weight excluding hydrogens is 406 g/mol. The van der Waals surface area contributed by atoms with Crippen LogP contribution in [0, 0.1) is 0 Å². The van der Waals surface area contributed by atoms with Crippen molar-refractivity contribution in [3.63, 3.8) is 0 Å². The maximum atomic E-state index is 12.9. The molecule has 5 rings (SSSR count). The van der Waals surface area contributed by atoms with E-state index in [-0.39, 0.29) is 25.2 Å². The Labute approximate surface area is 185 Å². The van der Waals surface area contributed by atoms with Crippen LogP contribution >= 0.6 is 0 Å². The van der Waals surface area contributed by atoms with Crippen molar-refractivity contribution < 1.29 is 19.1 Å². The van der Waals surface area contributed by atoms with Gasteiger partial charge in [-0.25, -0.2) is 0 Å². The molecule has 0 spiro atoms. The van der Waals surface area contributed by atoms with Crippen LogP contribution < -0.4 is 25.0 Å². The fourth-order valence-corrected chi connectivity index (χ4v) is 4.10. The van der Waals surface area contributed by atoms with E-state index >= 15 is 0 Å². The Morgan fingerprint density at radius 2 is 1.72 bits per heavy atom. The molecule has 2 heterocycles. The minimum atomic E-state index is -0.317. The predicted octanol–water partition coefficient (Wildman–Crippen LogP) is 4.06. The van der Waals surface area contributed by atoms with E-state index in [0.29, 0.717) is 28.4 Å². The van der Waals surface area contributed by atoms with Gasteiger partial charge in [0.25, 0.3) is 5.91 Å². The molecular formula is C25H23N3O4. The Balaban J connectivity index is 1.28. The average molecular weight is 429 g/mol. The number of nitrogens with one attached hydrogen (secondary N) is 2. The van der Waals surface area contributed by atoms with Crippen LogP contribution in [0.1, 0.15) is 22.3 Å². The maximum Gasteiger partial charge on any atom is 0.257 e. The SMILES string of the molecule is O=C(CN1CCCc2ccccc21)Nc1ccccc1C(=O)Nc1ccc2c(c1)OCO2. The topological polar surface area (TPSA) is 79.9 Å². The first-order valence-corrected chi connectivity index (χ1v) is 10.6. The first-order valence-electron chi connectivity index (χ1n) is 10.6. The number of hydrogen-bond donors (Lipinski definition) is 2. The molecule has 7 heteroatoms. The summed E-state index contributed by atoms with van der Waals surface area (Å²) in [5.74, 6) is 0.759. The molecule has 0 fully saturated rings. The van der Waals surface area contributed by atoms with Crippen molar-refractivity contribution in [1.29, 1.82) is 0 Å². The molecule has 2 amide bonds. The summed E-state index contributed by atoms with van der Waals surface area (Å²) < 4.78 is 10.7. The summed E-state index contributed by atoms with van der Waals surface area (Å²) in [6, 6.07) is 20.4. The van der Waals surface area contributed by atoms with Gasteiger partial charge in [0, 0.05) is 24.0 Å². The van der Waals surface area contributed by atoms with Crippen LogP contribution in [0.15, 0.2) is 66.7 Å². The number of nitrogens with zero attached hydrogens (tertiary/aromatic N) is 1. The molecule has 0 unspecified atom stereocenters. The third kappa shape index (κ3) is 4.09. The van der Waals surface area contributed by atoms with Gasteiger partial charge in [-0.15, -0.1) is 0 Å². The molecule has 0 aliphatic carbocycles. The summed E-state index contributed by atoms with van der Waals surface area (Å²) in [6.07, 6.45) is 2.04. The van der Waals surface area contributed by atoms with Crippen molar-refractivity contribution in [2.24, 2.45) is 0 Å². The second-order valence-electron chi connectivity index (χ2n) is 7.77. The van der Waals surface area contributed by atoms with Crippen molar-refractivity contribution in [3.8, 4) is 11.5 Å². The minimum absolute atomic E-state index is 0.162. The highest BCUT2D eigenvalue weighted by Gasteiger charge is 2.20. The fourth-order valence-electron chi connectivity index (χ4n) is 4.10. The van der Waals surface area contributed by atoms with Crippen molar-refractivity contribution in [2.45, 2.75) is 12.8 Å². The Hall–Kier alpha value is -4.00. The lowest BCUT2D eigenvalue weighted by Gasteiger charge is -2.30. The standard InChI is InChI=1S/C25H23N3O4/c29-24(15-28-13-5-7-17-6-1-4-10-21(17)28)27-20-9-3-2-8-19(20)25(30)26-18-11-12-22-23(14-18)32-16-31-22/h1-4,6,8-12,14H,5,7,13,15-16H2,(H,26,30)(H,27,29). The maximum absolute atomic E-state index is 12.9. The van der Waals surface area contributed by atoms with Gasteiger partial charge in [0.15, 0.2) is 11.5 Å². The van der Waals surface area contributed by atoms with E-state index in [2.05, 4.69) is 27.7 Å². The number of carbonyl (C=O) groups excluding carboxylic acids is 2. The van der Waals surface area contributed by atoms with Crippen LogP contribution in [-0.2, 0) is 11.2 Å². The third-order valence-electron chi connectivity index (χ3n) is 5.62. The van der Waals surface area contributed by atoms with E-state index in [1.54, 1.807) is 42.5 Å². The summed E-state index contributed by atoms with van der Waals surface area (Å²) in [4.78, 5) is 27.8. The van der Waals surface area contributed by atoms with Crippen LogP contribution in [0.5, 0.6) is 11.5 Å². The molecule has 2 aliphatic rings. The second kappa shape index (κ2) is 8.63. The number of benzene rings is 3. The molecule has 3 aromatic carbocycles. The van der Waals surface area contributed by atoms with E-state index in [4.69, 9.17) is 9.47 Å². The van der Waals surface area contributed by atoms with E-state index in [0.717, 1.165) is 25.1 Å². The molecule has 0 radical (unpaired) electrons. The van der Waals surface area contributed by atoms with E-state index in [9.17, 15) is 9.59 Å². The Kier molecular flexibility index (Phi) is 5.37. The molecule has 7 nitrogen and oxygen atoms in total. The Bertz CT molecular complexity index is 1180. The number of amides is 2. The number of ether oxygens (including phenoxy) is 2. The van der Waals surface area contributed by atoms with Crippen molar-refractivity contribution >= 4 is 28.9 Å². The smallest absolute Gasteiger partial charge is 0.257 e. The molecule has 162 valence electrons. The van der Waals surface area contributed by atoms with Gasteiger partial charge in [-0.3, -0.25) is 9.59 Å². The molecule has 3 aromatic rings. The normalized spacial score (nSPS) is 13.9. The van der Waals surface area contributed by atoms with Gasteiger partial charge in [-0.1, -0.05) is 30.3 Å². The van der Waals surface area contributed by atoms with Gasteiger partial charge in [-0.05, 0) is 48.7 Å². The highest BCUT2D eigenvalue weighted by Crippen LogP contribution is 2.34. The highest BCUT2D eigenvalue weighted by molar-refractivity contribution is 6.10. The molecule has 0 bridgehead atoms. The van der Waals surface area contributed by atoms with E-state index in [1.165, 1.54) is 5.56 Å². The van der Waals surface area contributed by atoms with Crippen molar-refractivity contribution in [3.05, 3.63) is 77.9 Å². The van der Waals surface area contributed by atoms with Gasteiger partial charge in [0.1, 0.15) is 0 Å². The first kappa shape index (κ1) is 19.9. The quantitative estimate of drug-likeness (QED) is 0.640. The molecule has 0 saturated carbocycles. The van der Waals surface area contributed by atoms with Gasteiger partial charge in [0.2, 0.25) is 12.7 Å². The molecule has 2 N–H and O–H groups in total. The lowest BCUT2D eigenvalue weighted by atomic mass is 10.0. The number of anilines is 3. The average Bonchev–Trinajstić information content (AvgIpc) is 3.27. The summed E-state index contributed by atoms with van der Waals surface area (Å²) in [6.45, 7) is 1.23. The summed E-state index contributed by atoms with van der Waals surface area (Å²) in [5, 5.41) is 5.77. The molecule has 0 saturated heterocycles. The largest absolute Gasteiger partial charge is 0.454 e. The monoisotopic (exact) mass is 429 g/mol. The number of aryl methyl sites for hydroxylation is 1. The van der Waals surface area contributed by atoms with E-state index < -0.39 is 0 Å². The van der Waals surface area contributed by atoms with Gasteiger partial charge in [0.05, 0.1) is 17.8 Å². The summed E-state index contributed by atoms with van der Waals surface area (Å²) in [5.41, 5.74) is 3.81. The second-order valence-corrected chi connectivity index (χ2v) is 7.77. The fraction of sp³-hybridized carbons (Fsp3) is 0.200. The van der Waals surface area contributed by atoms with Gasteiger partial charge < -0.3 is 25.0 Å². The van der Waals surface area contributed by atoms with Crippen LogP contribution in [0.2, 0.25) is 0 Å². The van der Waals surface area contributed by atoms with Crippen LogP contribution in [0.25, 0.3) is 0 Å². The first-order chi connectivity index (χ1) is 15.7. The minimum Gasteiger partial charge on any atom is -0.454 e. The van der Waals surface area contributed by atoms with Gasteiger partial charge in [-0.2, -0.15) is 0 Å². The highest BCUT2D eigenvalue weighted by atomic mass is 16.7. The third-order valence-corrected chi connectivity index (χ3v) is 5.62. The zero-order chi connectivity index (χ0) is 21.9. The summed E-state index contributed by atoms with van der Waals surface area (Å²) >= 11 is 0. The molecule has 32 heavy (non-hydrogen) atoms. The number of rotatable bonds is 5.